The third-order valence-electron chi connectivity index (χ3n) is 3.08. The number of aryl methyl sites for hydroxylation is 2. The molecule has 0 aliphatic carbocycles. The van der Waals surface area contributed by atoms with Crippen molar-refractivity contribution in [2.45, 2.75) is 26.4 Å². The van der Waals surface area contributed by atoms with Gasteiger partial charge in [-0.1, -0.05) is 29.8 Å². The Kier molecular flexibility index (Phi) is 4.86. The molecule has 1 N–H and O–H groups in total. The number of ether oxygens (including phenoxy) is 1. The van der Waals surface area contributed by atoms with Gasteiger partial charge in [-0.25, -0.2) is 4.79 Å². The Hall–Kier alpha value is -2.00. The van der Waals surface area contributed by atoms with Gasteiger partial charge in [0.2, 0.25) is 0 Å². The minimum Gasteiger partial charge on any atom is -0.478 e. The summed E-state index contributed by atoms with van der Waals surface area (Å²) < 4.78 is 5.64. The van der Waals surface area contributed by atoms with E-state index in [1.807, 2.05) is 44.2 Å². The molecule has 3 nitrogen and oxygen atoms in total. The molecule has 0 bridgehead atoms. The number of carbonyl (C=O) groups is 1. The monoisotopic (exact) mass is 304 g/mol. The minimum atomic E-state index is -0.982. The second-order valence-electron chi connectivity index (χ2n) is 5.10. The van der Waals surface area contributed by atoms with E-state index in [0.717, 1.165) is 16.7 Å². The third-order valence-corrected chi connectivity index (χ3v) is 3.34. The first-order valence-electron chi connectivity index (χ1n) is 6.66. The number of carboxylic acids is 1. The molecule has 1 atom stereocenters. The van der Waals surface area contributed by atoms with E-state index >= 15 is 0 Å². The number of benzene rings is 2. The van der Waals surface area contributed by atoms with Crippen LogP contribution in [0.2, 0.25) is 5.02 Å². The lowest BCUT2D eigenvalue weighted by Gasteiger charge is -2.16. The van der Waals surface area contributed by atoms with Crippen molar-refractivity contribution in [3.8, 4) is 5.75 Å². The molecular formula is C17H17ClO3. The first kappa shape index (κ1) is 15.4. The van der Waals surface area contributed by atoms with Crippen LogP contribution in [0.25, 0.3) is 0 Å². The van der Waals surface area contributed by atoms with Gasteiger partial charge in [0.25, 0.3) is 0 Å². The van der Waals surface area contributed by atoms with Crippen LogP contribution in [0.4, 0.5) is 0 Å². The first-order valence-corrected chi connectivity index (χ1v) is 7.04. The highest BCUT2D eigenvalue weighted by Gasteiger charge is 2.20. The second-order valence-corrected chi connectivity index (χ2v) is 5.54. The second kappa shape index (κ2) is 6.64. The quantitative estimate of drug-likeness (QED) is 0.907. The fourth-order valence-electron chi connectivity index (χ4n) is 2.18. The molecule has 21 heavy (non-hydrogen) atoms. The van der Waals surface area contributed by atoms with Crippen LogP contribution in [0.1, 0.15) is 16.7 Å². The topological polar surface area (TPSA) is 46.5 Å². The van der Waals surface area contributed by atoms with E-state index in [1.54, 1.807) is 12.1 Å². The van der Waals surface area contributed by atoms with Gasteiger partial charge >= 0.3 is 5.97 Å². The van der Waals surface area contributed by atoms with Crippen LogP contribution < -0.4 is 4.74 Å². The molecule has 2 aromatic carbocycles. The summed E-state index contributed by atoms with van der Waals surface area (Å²) in [7, 11) is 0. The average Bonchev–Trinajstić information content (AvgIpc) is 2.39. The van der Waals surface area contributed by atoms with E-state index in [4.69, 9.17) is 16.3 Å². The number of aliphatic carboxylic acids is 1. The number of carboxylic acid groups (broad SMARTS) is 1. The molecule has 2 aromatic rings. The zero-order valence-corrected chi connectivity index (χ0v) is 12.7. The van der Waals surface area contributed by atoms with Crippen LogP contribution in [0.5, 0.6) is 5.75 Å². The highest BCUT2D eigenvalue weighted by atomic mass is 35.5. The lowest BCUT2D eigenvalue weighted by molar-refractivity contribution is -0.145. The van der Waals surface area contributed by atoms with Crippen molar-refractivity contribution in [1.82, 2.24) is 0 Å². The molecule has 110 valence electrons. The van der Waals surface area contributed by atoms with Gasteiger partial charge in [-0.05, 0) is 54.8 Å². The largest absolute Gasteiger partial charge is 0.478 e. The van der Waals surface area contributed by atoms with E-state index < -0.39 is 12.1 Å². The van der Waals surface area contributed by atoms with E-state index in [1.165, 1.54) is 0 Å². The summed E-state index contributed by atoms with van der Waals surface area (Å²) in [5.74, 6) is -0.405. The van der Waals surface area contributed by atoms with Gasteiger partial charge in [0, 0.05) is 11.4 Å². The Morgan fingerprint density at radius 3 is 2.24 bits per heavy atom. The summed E-state index contributed by atoms with van der Waals surface area (Å²) in [6, 6.07) is 12.8. The summed E-state index contributed by atoms with van der Waals surface area (Å²) >= 11 is 5.83. The Bertz CT molecular complexity index is 615. The summed E-state index contributed by atoms with van der Waals surface area (Å²) in [6.07, 6.45) is -0.633. The predicted octanol–water partition coefficient (Wildman–Crippen LogP) is 4.03. The first-order chi connectivity index (χ1) is 9.94. The maximum absolute atomic E-state index is 11.4. The smallest absolute Gasteiger partial charge is 0.345 e. The predicted molar refractivity (Wildman–Crippen MR) is 83.1 cm³/mol. The third kappa shape index (κ3) is 4.50. The standard InChI is InChI=1S/C17H17ClO3/c1-11-7-12(2)9-15(8-11)21-16(17(19)20)10-13-3-5-14(18)6-4-13/h3-9,16H,10H2,1-2H3,(H,19,20). The Morgan fingerprint density at radius 2 is 1.71 bits per heavy atom. The number of rotatable bonds is 5. The van der Waals surface area contributed by atoms with Crippen molar-refractivity contribution in [1.29, 1.82) is 0 Å². The maximum atomic E-state index is 11.4. The Balaban J connectivity index is 2.15. The van der Waals surface area contributed by atoms with Crippen LogP contribution >= 0.6 is 11.6 Å². The maximum Gasteiger partial charge on any atom is 0.345 e. The molecule has 1 unspecified atom stereocenters. The van der Waals surface area contributed by atoms with Crippen molar-refractivity contribution in [2.24, 2.45) is 0 Å². The molecule has 0 aliphatic heterocycles. The molecule has 0 spiro atoms. The van der Waals surface area contributed by atoms with Crippen LogP contribution in [0.3, 0.4) is 0 Å². The van der Waals surface area contributed by atoms with E-state index in [-0.39, 0.29) is 0 Å². The van der Waals surface area contributed by atoms with Crippen molar-refractivity contribution in [3.63, 3.8) is 0 Å². The molecule has 4 heteroatoms. The van der Waals surface area contributed by atoms with Gasteiger partial charge in [-0.3, -0.25) is 0 Å². The van der Waals surface area contributed by atoms with Gasteiger partial charge in [0.1, 0.15) is 5.75 Å². The Labute approximate surface area is 129 Å². The van der Waals surface area contributed by atoms with Gasteiger partial charge in [-0.15, -0.1) is 0 Å². The molecule has 2 rings (SSSR count). The minimum absolute atomic E-state index is 0.291. The lowest BCUT2D eigenvalue weighted by Crippen LogP contribution is -2.29. The molecule has 0 heterocycles. The summed E-state index contributed by atoms with van der Waals surface area (Å²) in [5, 5.41) is 9.96. The molecule has 0 amide bonds. The van der Waals surface area contributed by atoms with Crippen LogP contribution in [-0.4, -0.2) is 17.2 Å². The average molecular weight is 305 g/mol. The fraction of sp³-hybridized carbons (Fsp3) is 0.235. The van der Waals surface area contributed by atoms with Crippen molar-refractivity contribution in [2.75, 3.05) is 0 Å². The molecule has 0 aromatic heterocycles. The zero-order chi connectivity index (χ0) is 15.4. The molecule has 0 radical (unpaired) electrons. The van der Waals surface area contributed by atoms with E-state index in [2.05, 4.69) is 0 Å². The van der Waals surface area contributed by atoms with Gasteiger partial charge in [0.15, 0.2) is 6.10 Å². The van der Waals surface area contributed by atoms with Gasteiger partial charge in [-0.2, -0.15) is 0 Å². The van der Waals surface area contributed by atoms with Crippen molar-refractivity contribution >= 4 is 17.6 Å². The summed E-state index contributed by atoms with van der Waals surface area (Å²) in [4.78, 5) is 11.4. The van der Waals surface area contributed by atoms with Crippen molar-refractivity contribution < 1.29 is 14.6 Å². The summed E-state index contributed by atoms with van der Waals surface area (Å²) in [6.45, 7) is 3.91. The van der Waals surface area contributed by atoms with Crippen LogP contribution in [0, 0.1) is 13.8 Å². The molecule has 0 fully saturated rings. The normalized spacial score (nSPS) is 12.0. The van der Waals surface area contributed by atoms with Gasteiger partial charge < -0.3 is 9.84 Å². The zero-order valence-electron chi connectivity index (χ0n) is 12.0. The number of hydrogen-bond donors (Lipinski definition) is 1. The van der Waals surface area contributed by atoms with E-state index in [9.17, 15) is 9.90 Å². The molecule has 0 aliphatic rings. The summed E-state index contributed by atoms with van der Waals surface area (Å²) in [5.41, 5.74) is 2.96. The molecule has 0 saturated heterocycles. The lowest BCUT2D eigenvalue weighted by atomic mass is 10.1. The van der Waals surface area contributed by atoms with Crippen molar-refractivity contribution in [3.05, 3.63) is 64.2 Å². The highest BCUT2D eigenvalue weighted by Crippen LogP contribution is 2.19. The SMILES string of the molecule is Cc1cc(C)cc(OC(Cc2ccc(Cl)cc2)C(=O)O)c1. The number of hydrogen-bond acceptors (Lipinski definition) is 2. The van der Waals surface area contributed by atoms with Crippen LogP contribution in [-0.2, 0) is 11.2 Å². The highest BCUT2D eigenvalue weighted by molar-refractivity contribution is 6.30. The molecule has 0 saturated carbocycles. The van der Waals surface area contributed by atoms with Crippen LogP contribution in [0.15, 0.2) is 42.5 Å². The van der Waals surface area contributed by atoms with E-state index in [0.29, 0.717) is 17.2 Å². The Morgan fingerprint density at radius 1 is 1.14 bits per heavy atom. The van der Waals surface area contributed by atoms with Gasteiger partial charge in [0.05, 0.1) is 0 Å². The number of halogens is 1. The fourth-order valence-corrected chi connectivity index (χ4v) is 2.31. The molecular weight excluding hydrogens is 288 g/mol.